The molecule has 29 heavy (non-hydrogen) atoms. The van der Waals surface area contributed by atoms with Crippen LogP contribution in [-0.2, 0) is 14.8 Å². The molecule has 0 aromatic heterocycles. The van der Waals surface area contributed by atoms with Gasteiger partial charge < -0.3 is 9.47 Å². The monoisotopic (exact) mass is 423 g/mol. The Kier molecular flexibility index (Phi) is 7.46. The highest BCUT2D eigenvalue weighted by atomic mass is 32.2. The Morgan fingerprint density at radius 2 is 1.59 bits per heavy atom. The lowest BCUT2D eigenvalue weighted by Crippen LogP contribution is -2.31. The third kappa shape index (κ3) is 5.18. The molecule has 0 unspecified atom stereocenters. The van der Waals surface area contributed by atoms with Crippen molar-refractivity contribution in [2.24, 2.45) is 0 Å². The largest absolute Gasteiger partial charge is 0.495 e. The number of ketones is 1. The standard InChI is InChI=1S/C20H22FNO6S/c1-4-22(5-2)29(25,26)19-12-15(8-11-18(19)27-3)20(24)28-13-17(23)14-6-9-16(21)10-7-14/h6-12H,4-5,13H2,1-3H3. The summed E-state index contributed by atoms with van der Waals surface area (Å²) >= 11 is 0. The molecule has 2 aromatic rings. The second-order valence-corrected chi connectivity index (χ2v) is 7.87. The molecule has 2 aromatic carbocycles. The van der Waals surface area contributed by atoms with Crippen LogP contribution in [-0.4, -0.2) is 51.3 Å². The van der Waals surface area contributed by atoms with E-state index in [1.807, 2.05) is 0 Å². The van der Waals surface area contributed by atoms with Crippen LogP contribution < -0.4 is 4.74 Å². The lowest BCUT2D eigenvalue weighted by atomic mass is 10.1. The summed E-state index contributed by atoms with van der Waals surface area (Å²) in [6.07, 6.45) is 0. The van der Waals surface area contributed by atoms with Crippen molar-refractivity contribution in [3.05, 3.63) is 59.4 Å². The first kappa shape index (κ1) is 22.5. The second-order valence-electron chi connectivity index (χ2n) is 5.96. The first-order chi connectivity index (χ1) is 13.7. The molecule has 2 rings (SSSR count). The predicted octanol–water partition coefficient (Wildman–Crippen LogP) is 2.90. The lowest BCUT2D eigenvalue weighted by molar-refractivity contribution is 0.0474. The molecule has 0 saturated heterocycles. The molecule has 0 aliphatic heterocycles. The number of hydrogen-bond acceptors (Lipinski definition) is 6. The number of ether oxygens (including phenoxy) is 2. The normalized spacial score (nSPS) is 11.3. The number of esters is 1. The summed E-state index contributed by atoms with van der Waals surface area (Å²) in [5.41, 5.74) is 0.155. The van der Waals surface area contributed by atoms with Gasteiger partial charge in [-0.15, -0.1) is 0 Å². The Balaban J connectivity index is 2.23. The van der Waals surface area contributed by atoms with Crippen molar-refractivity contribution in [1.29, 1.82) is 0 Å². The zero-order valence-electron chi connectivity index (χ0n) is 16.3. The number of hydrogen-bond donors (Lipinski definition) is 0. The van der Waals surface area contributed by atoms with Gasteiger partial charge in [0.1, 0.15) is 16.5 Å². The molecule has 7 nitrogen and oxygen atoms in total. The highest BCUT2D eigenvalue weighted by Gasteiger charge is 2.27. The summed E-state index contributed by atoms with van der Waals surface area (Å²) in [5.74, 6) is -1.77. The van der Waals surface area contributed by atoms with Crippen LogP contribution in [0.25, 0.3) is 0 Å². The van der Waals surface area contributed by atoms with Crippen LogP contribution in [0.4, 0.5) is 4.39 Å². The number of methoxy groups -OCH3 is 1. The Hall–Kier alpha value is -2.78. The molecule has 0 saturated carbocycles. The molecule has 0 spiro atoms. The molecular formula is C20H22FNO6S. The quantitative estimate of drug-likeness (QED) is 0.455. The van der Waals surface area contributed by atoms with Crippen LogP contribution in [0.5, 0.6) is 5.75 Å². The fourth-order valence-corrected chi connectivity index (χ4v) is 4.28. The highest BCUT2D eigenvalue weighted by Crippen LogP contribution is 2.28. The summed E-state index contributed by atoms with van der Waals surface area (Å²) in [6.45, 7) is 3.35. The first-order valence-corrected chi connectivity index (χ1v) is 10.3. The van der Waals surface area contributed by atoms with E-state index in [9.17, 15) is 22.4 Å². The molecular weight excluding hydrogens is 401 g/mol. The summed E-state index contributed by atoms with van der Waals surface area (Å²) in [5, 5.41) is 0. The van der Waals surface area contributed by atoms with E-state index in [1.165, 1.54) is 35.7 Å². The molecule has 0 aliphatic rings. The fourth-order valence-electron chi connectivity index (χ4n) is 2.64. The van der Waals surface area contributed by atoms with Crippen LogP contribution in [0.15, 0.2) is 47.4 Å². The third-order valence-electron chi connectivity index (χ3n) is 4.22. The number of nitrogens with zero attached hydrogens (tertiary/aromatic N) is 1. The maximum Gasteiger partial charge on any atom is 0.338 e. The second kappa shape index (κ2) is 9.62. The van der Waals surface area contributed by atoms with Crippen molar-refractivity contribution < 1.29 is 31.9 Å². The minimum Gasteiger partial charge on any atom is -0.495 e. The van der Waals surface area contributed by atoms with Crippen LogP contribution in [0, 0.1) is 5.82 Å². The lowest BCUT2D eigenvalue weighted by Gasteiger charge is -2.20. The number of carbonyl (C=O) groups excluding carboxylic acids is 2. The van der Waals surface area contributed by atoms with Gasteiger partial charge in [-0.05, 0) is 42.5 Å². The maximum atomic E-state index is 12.9. The summed E-state index contributed by atoms with van der Waals surface area (Å²) in [6, 6.07) is 8.70. The maximum absolute atomic E-state index is 12.9. The van der Waals surface area contributed by atoms with Crippen LogP contribution >= 0.6 is 0 Å². The van der Waals surface area contributed by atoms with Gasteiger partial charge in [0.15, 0.2) is 12.4 Å². The summed E-state index contributed by atoms with van der Waals surface area (Å²) < 4.78 is 50.0. The van der Waals surface area contributed by atoms with E-state index in [2.05, 4.69) is 0 Å². The molecule has 0 N–H and O–H groups in total. The Morgan fingerprint density at radius 3 is 2.14 bits per heavy atom. The van der Waals surface area contributed by atoms with Gasteiger partial charge >= 0.3 is 5.97 Å². The minimum absolute atomic E-state index is 0.0385. The molecule has 0 radical (unpaired) electrons. The molecule has 0 heterocycles. The van der Waals surface area contributed by atoms with Crippen LogP contribution in [0.2, 0.25) is 0 Å². The summed E-state index contributed by atoms with van der Waals surface area (Å²) in [4.78, 5) is 24.2. The Morgan fingerprint density at radius 1 is 1.00 bits per heavy atom. The van der Waals surface area contributed by atoms with Gasteiger partial charge in [0.25, 0.3) is 0 Å². The molecule has 9 heteroatoms. The van der Waals surface area contributed by atoms with Crippen molar-refractivity contribution >= 4 is 21.8 Å². The molecule has 0 amide bonds. The minimum atomic E-state index is -3.88. The topological polar surface area (TPSA) is 90.0 Å². The SMILES string of the molecule is CCN(CC)S(=O)(=O)c1cc(C(=O)OCC(=O)c2ccc(F)cc2)ccc1OC. The average molecular weight is 423 g/mol. The van der Waals surface area contributed by atoms with Gasteiger partial charge in [-0.3, -0.25) is 4.79 Å². The van der Waals surface area contributed by atoms with E-state index < -0.39 is 34.2 Å². The number of rotatable bonds is 9. The van der Waals surface area contributed by atoms with Gasteiger partial charge in [-0.25, -0.2) is 17.6 Å². The summed E-state index contributed by atoms with van der Waals surface area (Å²) in [7, 11) is -2.55. The van der Waals surface area contributed by atoms with Crippen molar-refractivity contribution in [2.75, 3.05) is 26.8 Å². The van der Waals surface area contributed by atoms with Crippen molar-refractivity contribution in [2.45, 2.75) is 18.7 Å². The van der Waals surface area contributed by atoms with Crippen LogP contribution in [0.1, 0.15) is 34.6 Å². The zero-order chi connectivity index (χ0) is 21.6. The van der Waals surface area contributed by atoms with E-state index in [1.54, 1.807) is 13.8 Å². The van der Waals surface area contributed by atoms with E-state index >= 15 is 0 Å². The van der Waals surface area contributed by atoms with E-state index in [0.29, 0.717) is 0 Å². The number of benzene rings is 2. The number of Topliss-reactive ketones (excluding diaryl/α,β-unsaturated/α-hetero) is 1. The Labute approximate surface area is 169 Å². The average Bonchev–Trinajstić information content (AvgIpc) is 2.72. The molecule has 0 bridgehead atoms. The highest BCUT2D eigenvalue weighted by molar-refractivity contribution is 7.89. The molecule has 0 atom stereocenters. The molecule has 0 aliphatic carbocycles. The number of carbonyl (C=O) groups is 2. The van der Waals surface area contributed by atoms with Gasteiger partial charge in [-0.1, -0.05) is 13.8 Å². The van der Waals surface area contributed by atoms with Gasteiger partial charge in [0.2, 0.25) is 10.0 Å². The van der Waals surface area contributed by atoms with Crippen molar-refractivity contribution in [3.63, 3.8) is 0 Å². The number of sulfonamides is 1. The van der Waals surface area contributed by atoms with Gasteiger partial charge in [0.05, 0.1) is 12.7 Å². The zero-order valence-corrected chi connectivity index (χ0v) is 17.2. The number of halogens is 1. The van der Waals surface area contributed by atoms with Gasteiger partial charge in [0, 0.05) is 18.7 Å². The van der Waals surface area contributed by atoms with E-state index in [4.69, 9.17) is 9.47 Å². The van der Waals surface area contributed by atoms with Crippen molar-refractivity contribution in [3.8, 4) is 5.75 Å². The molecule has 156 valence electrons. The van der Waals surface area contributed by atoms with E-state index in [0.717, 1.165) is 18.2 Å². The molecule has 0 fully saturated rings. The van der Waals surface area contributed by atoms with E-state index in [-0.39, 0.29) is 34.9 Å². The van der Waals surface area contributed by atoms with Crippen LogP contribution in [0.3, 0.4) is 0 Å². The van der Waals surface area contributed by atoms with Crippen molar-refractivity contribution in [1.82, 2.24) is 4.31 Å². The fraction of sp³-hybridized carbons (Fsp3) is 0.300. The Bertz CT molecular complexity index is 985. The smallest absolute Gasteiger partial charge is 0.338 e. The van der Waals surface area contributed by atoms with Gasteiger partial charge in [-0.2, -0.15) is 4.31 Å². The third-order valence-corrected chi connectivity index (χ3v) is 6.29. The predicted molar refractivity (Wildman–Crippen MR) is 104 cm³/mol. The first-order valence-electron chi connectivity index (χ1n) is 8.88.